The van der Waals surface area contributed by atoms with E-state index in [1.807, 2.05) is 17.0 Å². The number of rotatable bonds is 4. The highest BCUT2D eigenvalue weighted by Crippen LogP contribution is 2.33. The van der Waals surface area contributed by atoms with Crippen molar-refractivity contribution in [2.75, 3.05) is 38.8 Å². The molecule has 0 unspecified atom stereocenters. The molecule has 29 heavy (non-hydrogen) atoms. The van der Waals surface area contributed by atoms with Gasteiger partial charge in [-0.1, -0.05) is 6.92 Å². The third kappa shape index (κ3) is 3.99. The minimum absolute atomic E-state index is 0.0863. The van der Waals surface area contributed by atoms with Gasteiger partial charge in [0, 0.05) is 26.2 Å². The molecular formula is C22H28N4O3. The number of carbonyl (C=O) groups excluding carboxylic acids is 1. The maximum absolute atomic E-state index is 13.0. The van der Waals surface area contributed by atoms with Gasteiger partial charge in [-0.05, 0) is 48.4 Å². The fraction of sp³-hybridized carbons (Fsp3) is 0.500. The lowest BCUT2D eigenvalue weighted by atomic mass is 9.98. The molecule has 2 aliphatic heterocycles. The molecule has 154 valence electrons. The zero-order valence-electron chi connectivity index (χ0n) is 17.4. The Morgan fingerprint density at radius 3 is 2.31 bits per heavy atom. The number of methoxy groups -OCH3 is 2. The van der Waals surface area contributed by atoms with Gasteiger partial charge in [-0.25, -0.2) is 9.97 Å². The first kappa shape index (κ1) is 19.5. The SMILES string of the molecule is COc1cc2c(cc1OC)CN(C(=O)c1cnc(N3CCC(C)CC3)cn1)CC2. The van der Waals surface area contributed by atoms with Gasteiger partial charge in [0.2, 0.25) is 0 Å². The summed E-state index contributed by atoms with van der Waals surface area (Å²) >= 11 is 0. The molecule has 2 aliphatic rings. The zero-order chi connectivity index (χ0) is 20.4. The van der Waals surface area contributed by atoms with Gasteiger partial charge in [-0.3, -0.25) is 4.79 Å². The van der Waals surface area contributed by atoms with Crippen LogP contribution in [0.3, 0.4) is 0 Å². The molecule has 2 aromatic rings. The van der Waals surface area contributed by atoms with Crippen LogP contribution in [0.5, 0.6) is 11.5 Å². The largest absolute Gasteiger partial charge is 0.493 e. The maximum atomic E-state index is 13.0. The molecule has 1 fully saturated rings. The topological polar surface area (TPSA) is 67.8 Å². The van der Waals surface area contributed by atoms with Crippen molar-refractivity contribution in [1.29, 1.82) is 0 Å². The first-order valence-electron chi connectivity index (χ1n) is 10.2. The average molecular weight is 396 g/mol. The van der Waals surface area contributed by atoms with Crippen molar-refractivity contribution in [2.45, 2.75) is 32.7 Å². The third-order valence-corrected chi connectivity index (χ3v) is 5.97. The van der Waals surface area contributed by atoms with Gasteiger partial charge in [0.1, 0.15) is 11.5 Å². The molecule has 0 spiro atoms. The highest BCUT2D eigenvalue weighted by molar-refractivity contribution is 5.92. The Kier molecular flexibility index (Phi) is 5.56. The average Bonchev–Trinajstić information content (AvgIpc) is 2.78. The molecule has 0 bridgehead atoms. The van der Waals surface area contributed by atoms with Crippen LogP contribution in [0, 0.1) is 5.92 Å². The van der Waals surface area contributed by atoms with E-state index in [9.17, 15) is 4.79 Å². The normalized spacial score (nSPS) is 17.1. The van der Waals surface area contributed by atoms with Crippen LogP contribution in [0.1, 0.15) is 41.4 Å². The Morgan fingerprint density at radius 2 is 1.69 bits per heavy atom. The summed E-state index contributed by atoms with van der Waals surface area (Å²) in [5.41, 5.74) is 2.66. The van der Waals surface area contributed by atoms with Crippen molar-refractivity contribution in [1.82, 2.24) is 14.9 Å². The summed E-state index contributed by atoms with van der Waals surface area (Å²) in [6.07, 6.45) is 6.46. The Hall–Kier alpha value is -2.83. The number of ether oxygens (including phenoxy) is 2. The molecule has 0 radical (unpaired) electrons. The molecule has 0 aliphatic carbocycles. The Labute approximate surface area is 171 Å². The van der Waals surface area contributed by atoms with Gasteiger partial charge in [0.15, 0.2) is 11.5 Å². The zero-order valence-corrected chi connectivity index (χ0v) is 17.4. The van der Waals surface area contributed by atoms with Gasteiger partial charge in [-0.15, -0.1) is 0 Å². The Bertz CT molecular complexity index is 876. The van der Waals surface area contributed by atoms with E-state index in [4.69, 9.17) is 9.47 Å². The number of hydrogen-bond donors (Lipinski definition) is 0. The van der Waals surface area contributed by atoms with Crippen LogP contribution in [-0.2, 0) is 13.0 Å². The predicted octanol–water partition coefficient (Wildman–Crippen LogP) is 2.93. The number of amides is 1. The quantitative estimate of drug-likeness (QED) is 0.792. The molecular weight excluding hydrogens is 368 g/mol. The number of anilines is 1. The van der Waals surface area contributed by atoms with Crippen LogP contribution >= 0.6 is 0 Å². The highest BCUT2D eigenvalue weighted by Gasteiger charge is 2.25. The second-order valence-electron chi connectivity index (χ2n) is 7.88. The number of aromatic nitrogens is 2. The van der Waals surface area contributed by atoms with E-state index in [-0.39, 0.29) is 5.91 Å². The Morgan fingerprint density at radius 1 is 1.00 bits per heavy atom. The van der Waals surface area contributed by atoms with Gasteiger partial charge < -0.3 is 19.3 Å². The molecule has 0 atom stereocenters. The second-order valence-corrected chi connectivity index (χ2v) is 7.88. The lowest BCUT2D eigenvalue weighted by Gasteiger charge is -2.31. The van der Waals surface area contributed by atoms with Gasteiger partial charge >= 0.3 is 0 Å². The number of benzene rings is 1. The highest BCUT2D eigenvalue weighted by atomic mass is 16.5. The monoisotopic (exact) mass is 396 g/mol. The summed E-state index contributed by atoms with van der Waals surface area (Å²) in [5, 5.41) is 0. The molecule has 3 heterocycles. The number of hydrogen-bond acceptors (Lipinski definition) is 6. The molecule has 0 N–H and O–H groups in total. The van der Waals surface area contributed by atoms with E-state index in [2.05, 4.69) is 21.8 Å². The van der Waals surface area contributed by atoms with Crippen molar-refractivity contribution in [2.24, 2.45) is 5.92 Å². The van der Waals surface area contributed by atoms with E-state index in [0.29, 0.717) is 24.5 Å². The minimum Gasteiger partial charge on any atom is -0.493 e. The predicted molar refractivity (Wildman–Crippen MR) is 111 cm³/mol. The molecule has 1 amide bonds. The molecule has 1 aromatic heterocycles. The van der Waals surface area contributed by atoms with Crippen molar-refractivity contribution < 1.29 is 14.3 Å². The summed E-state index contributed by atoms with van der Waals surface area (Å²) in [6.45, 7) is 5.46. The van der Waals surface area contributed by atoms with Crippen molar-refractivity contribution in [3.8, 4) is 11.5 Å². The molecule has 1 saturated heterocycles. The second kappa shape index (κ2) is 8.27. The number of carbonyl (C=O) groups is 1. The lowest BCUT2D eigenvalue weighted by molar-refractivity contribution is 0.0728. The van der Waals surface area contributed by atoms with Gasteiger partial charge in [-0.2, -0.15) is 0 Å². The smallest absolute Gasteiger partial charge is 0.274 e. The van der Waals surface area contributed by atoms with E-state index in [1.54, 1.807) is 26.6 Å². The van der Waals surface area contributed by atoms with E-state index < -0.39 is 0 Å². The summed E-state index contributed by atoms with van der Waals surface area (Å²) < 4.78 is 10.8. The summed E-state index contributed by atoms with van der Waals surface area (Å²) in [4.78, 5) is 26.0. The summed E-state index contributed by atoms with van der Waals surface area (Å²) in [6, 6.07) is 3.96. The number of piperidine rings is 1. The molecule has 0 saturated carbocycles. The standard InChI is InChI=1S/C22H28N4O3/c1-15-4-7-25(8-5-15)21-13-23-18(12-24-21)22(27)26-9-6-16-10-19(28-2)20(29-3)11-17(16)14-26/h10-13,15H,4-9,14H2,1-3H3. The molecule has 7 nitrogen and oxygen atoms in total. The first-order chi connectivity index (χ1) is 14.1. The third-order valence-electron chi connectivity index (χ3n) is 5.97. The van der Waals surface area contributed by atoms with Crippen LogP contribution < -0.4 is 14.4 Å². The molecule has 1 aromatic carbocycles. The van der Waals surface area contributed by atoms with Crippen molar-refractivity contribution in [3.05, 3.63) is 41.3 Å². The minimum atomic E-state index is -0.0863. The fourth-order valence-corrected chi connectivity index (χ4v) is 4.05. The van der Waals surface area contributed by atoms with E-state index in [0.717, 1.165) is 42.6 Å². The number of nitrogens with zero attached hydrogens (tertiary/aromatic N) is 4. The van der Waals surface area contributed by atoms with Gasteiger partial charge in [0.25, 0.3) is 5.91 Å². The summed E-state index contributed by atoms with van der Waals surface area (Å²) in [7, 11) is 3.26. The van der Waals surface area contributed by atoms with Crippen LogP contribution in [0.15, 0.2) is 24.5 Å². The van der Waals surface area contributed by atoms with Crippen LogP contribution in [-0.4, -0.2) is 54.6 Å². The number of fused-ring (bicyclic) bond motifs is 1. The molecule has 7 heteroatoms. The van der Waals surface area contributed by atoms with Crippen molar-refractivity contribution >= 4 is 11.7 Å². The maximum Gasteiger partial charge on any atom is 0.274 e. The summed E-state index contributed by atoms with van der Waals surface area (Å²) in [5.74, 6) is 2.94. The van der Waals surface area contributed by atoms with Crippen LogP contribution in [0.4, 0.5) is 5.82 Å². The molecule has 4 rings (SSSR count). The Balaban J connectivity index is 1.46. The van der Waals surface area contributed by atoms with Crippen molar-refractivity contribution in [3.63, 3.8) is 0 Å². The van der Waals surface area contributed by atoms with Gasteiger partial charge in [0.05, 0.1) is 26.6 Å². The lowest BCUT2D eigenvalue weighted by Crippen LogP contribution is -2.37. The van der Waals surface area contributed by atoms with Crippen LogP contribution in [0.25, 0.3) is 0 Å². The van der Waals surface area contributed by atoms with E-state index >= 15 is 0 Å². The first-order valence-corrected chi connectivity index (χ1v) is 10.2. The fourth-order valence-electron chi connectivity index (χ4n) is 4.05. The van der Waals surface area contributed by atoms with Crippen LogP contribution in [0.2, 0.25) is 0 Å². The van der Waals surface area contributed by atoms with E-state index in [1.165, 1.54) is 18.4 Å².